The van der Waals surface area contributed by atoms with E-state index in [-0.39, 0.29) is 5.91 Å². The van der Waals surface area contributed by atoms with Crippen molar-refractivity contribution in [2.75, 3.05) is 5.75 Å². The SMILES string of the molecule is Cc1cccc(-c2nnc(SCC(=O)NC3CC3)o2)c1. The van der Waals surface area contributed by atoms with Crippen molar-refractivity contribution >= 4 is 17.7 Å². The Hall–Kier alpha value is -1.82. The third-order valence-electron chi connectivity index (χ3n) is 2.94. The van der Waals surface area contributed by atoms with Crippen LogP contribution < -0.4 is 5.32 Å². The van der Waals surface area contributed by atoms with Crippen molar-refractivity contribution in [3.05, 3.63) is 29.8 Å². The summed E-state index contributed by atoms with van der Waals surface area (Å²) in [6.45, 7) is 2.01. The van der Waals surface area contributed by atoms with Crippen molar-refractivity contribution in [3.8, 4) is 11.5 Å². The number of aryl methyl sites for hydroxylation is 1. The van der Waals surface area contributed by atoms with Crippen molar-refractivity contribution in [1.82, 2.24) is 15.5 Å². The average molecular weight is 289 g/mol. The summed E-state index contributed by atoms with van der Waals surface area (Å²) < 4.78 is 5.56. The first-order valence-corrected chi connectivity index (χ1v) is 7.52. The summed E-state index contributed by atoms with van der Waals surface area (Å²) >= 11 is 1.27. The van der Waals surface area contributed by atoms with Crippen LogP contribution >= 0.6 is 11.8 Å². The Bertz CT molecular complexity index is 622. The topological polar surface area (TPSA) is 68.0 Å². The van der Waals surface area contributed by atoms with Crippen molar-refractivity contribution in [2.45, 2.75) is 31.0 Å². The van der Waals surface area contributed by atoms with Crippen LogP contribution in [0.25, 0.3) is 11.5 Å². The van der Waals surface area contributed by atoms with Crippen molar-refractivity contribution in [1.29, 1.82) is 0 Å². The van der Waals surface area contributed by atoms with E-state index in [4.69, 9.17) is 4.42 Å². The quantitative estimate of drug-likeness (QED) is 0.856. The summed E-state index contributed by atoms with van der Waals surface area (Å²) in [7, 11) is 0. The molecule has 0 bridgehead atoms. The second-order valence-electron chi connectivity index (χ2n) is 4.87. The normalized spacial score (nSPS) is 14.2. The molecule has 0 radical (unpaired) electrons. The third kappa shape index (κ3) is 3.39. The van der Waals surface area contributed by atoms with E-state index in [2.05, 4.69) is 15.5 Å². The molecule has 1 heterocycles. The maximum atomic E-state index is 11.6. The summed E-state index contributed by atoms with van der Waals surface area (Å²) in [5.74, 6) is 0.818. The Morgan fingerprint density at radius 3 is 3.05 bits per heavy atom. The van der Waals surface area contributed by atoms with Gasteiger partial charge in [0.15, 0.2) is 0 Å². The van der Waals surface area contributed by atoms with Gasteiger partial charge in [0.25, 0.3) is 5.22 Å². The first kappa shape index (κ1) is 13.2. The van der Waals surface area contributed by atoms with Gasteiger partial charge in [0.1, 0.15) is 0 Å². The molecule has 2 aromatic rings. The standard InChI is InChI=1S/C14H15N3O2S/c1-9-3-2-4-10(7-9)13-16-17-14(19-13)20-8-12(18)15-11-5-6-11/h2-4,7,11H,5-6,8H2,1H3,(H,15,18). The van der Waals surface area contributed by atoms with E-state index in [1.54, 1.807) is 0 Å². The molecule has 1 aromatic heterocycles. The minimum absolute atomic E-state index is 0.0211. The Balaban J connectivity index is 1.60. The second-order valence-corrected chi connectivity index (χ2v) is 5.80. The Kier molecular flexibility index (Phi) is 3.73. The predicted molar refractivity (Wildman–Crippen MR) is 76.4 cm³/mol. The van der Waals surface area contributed by atoms with Crippen LogP contribution in [-0.2, 0) is 4.79 Å². The molecule has 3 rings (SSSR count). The molecule has 6 heteroatoms. The predicted octanol–water partition coefficient (Wildman–Crippen LogP) is 2.42. The Labute approximate surface area is 121 Å². The van der Waals surface area contributed by atoms with Gasteiger partial charge in [-0.1, -0.05) is 29.5 Å². The highest BCUT2D eigenvalue weighted by Crippen LogP contribution is 2.24. The van der Waals surface area contributed by atoms with Crippen LogP contribution in [0.2, 0.25) is 0 Å². The maximum Gasteiger partial charge on any atom is 0.277 e. The van der Waals surface area contributed by atoms with E-state index >= 15 is 0 Å². The van der Waals surface area contributed by atoms with Crippen LogP contribution in [0, 0.1) is 6.92 Å². The molecule has 104 valence electrons. The molecule has 0 spiro atoms. The van der Waals surface area contributed by atoms with E-state index in [0.29, 0.717) is 22.9 Å². The van der Waals surface area contributed by atoms with Crippen LogP contribution in [0.3, 0.4) is 0 Å². The van der Waals surface area contributed by atoms with Gasteiger partial charge < -0.3 is 9.73 Å². The number of carbonyl (C=O) groups is 1. The van der Waals surface area contributed by atoms with Crippen LogP contribution in [-0.4, -0.2) is 27.9 Å². The number of rotatable bonds is 5. The van der Waals surface area contributed by atoms with Gasteiger partial charge in [0.05, 0.1) is 5.75 Å². The third-order valence-corrected chi connectivity index (χ3v) is 3.76. The highest BCUT2D eigenvalue weighted by Gasteiger charge is 2.23. The molecule has 1 N–H and O–H groups in total. The van der Waals surface area contributed by atoms with Gasteiger partial charge in [-0.25, -0.2) is 0 Å². The van der Waals surface area contributed by atoms with Gasteiger partial charge in [-0.2, -0.15) is 0 Å². The van der Waals surface area contributed by atoms with Crippen molar-refractivity contribution in [3.63, 3.8) is 0 Å². The molecule has 0 atom stereocenters. The lowest BCUT2D eigenvalue weighted by Crippen LogP contribution is -2.26. The summed E-state index contributed by atoms with van der Waals surface area (Å²) in [5, 5.41) is 11.3. The molecule has 0 aliphatic heterocycles. The molecule has 1 aliphatic carbocycles. The van der Waals surface area contributed by atoms with E-state index in [0.717, 1.165) is 24.0 Å². The number of carbonyl (C=O) groups excluding carboxylic acids is 1. The molecule has 1 fully saturated rings. The fraction of sp³-hybridized carbons (Fsp3) is 0.357. The van der Waals surface area contributed by atoms with Gasteiger partial charge in [-0.05, 0) is 31.9 Å². The van der Waals surface area contributed by atoms with Gasteiger partial charge in [-0.3, -0.25) is 4.79 Å². The molecule has 0 saturated heterocycles. The van der Waals surface area contributed by atoms with Gasteiger partial charge >= 0.3 is 0 Å². The summed E-state index contributed by atoms with van der Waals surface area (Å²) in [6, 6.07) is 8.26. The number of nitrogens with zero attached hydrogens (tertiary/aromatic N) is 2. The zero-order chi connectivity index (χ0) is 13.9. The molecular weight excluding hydrogens is 274 g/mol. The fourth-order valence-corrected chi connectivity index (χ4v) is 2.36. The van der Waals surface area contributed by atoms with E-state index in [1.165, 1.54) is 11.8 Å². The lowest BCUT2D eigenvalue weighted by atomic mass is 10.1. The Morgan fingerprint density at radius 1 is 1.45 bits per heavy atom. The van der Waals surface area contributed by atoms with Gasteiger partial charge in [0, 0.05) is 11.6 Å². The van der Waals surface area contributed by atoms with E-state index < -0.39 is 0 Å². The number of thioether (sulfide) groups is 1. The zero-order valence-electron chi connectivity index (χ0n) is 11.1. The maximum absolute atomic E-state index is 11.6. The Morgan fingerprint density at radius 2 is 2.30 bits per heavy atom. The summed E-state index contributed by atoms with van der Waals surface area (Å²) in [6.07, 6.45) is 2.18. The summed E-state index contributed by atoms with van der Waals surface area (Å²) in [5.41, 5.74) is 2.03. The van der Waals surface area contributed by atoms with Crippen LogP contribution in [0.5, 0.6) is 0 Å². The minimum atomic E-state index is 0.0211. The number of nitrogens with one attached hydrogen (secondary N) is 1. The average Bonchev–Trinajstić information content (AvgIpc) is 3.11. The molecule has 1 aliphatic rings. The van der Waals surface area contributed by atoms with E-state index in [9.17, 15) is 4.79 Å². The van der Waals surface area contributed by atoms with Crippen molar-refractivity contribution in [2.24, 2.45) is 0 Å². The molecule has 1 amide bonds. The second kappa shape index (κ2) is 5.66. The lowest BCUT2D eigenvalue weighted by Gasteiger charge is -1.99. The molecule has 0 unspecified atom stereocenters. The largest absolute Gasteiger partial charge is 0.411 e. The summed E-state index contributed by atoms with van der Waals surface area (Å²) in [4.78, 5) is 11.6. The van der Waals surface area contributed by atoms with Gasteiger partial charge in [-0.15, -0.1) is 10.2 Å². The first-order valence-electron chi connectivity index (χ1n) is 6.53. The molecule has 5 nitrogen and oxygen atoms in total. The number of hydrogen-bond acceptors (Lipinski definition) is 5. The van der Waals surface area contributed by atoms with Crippen LogP contribution in [0.4, 0.5) is 0 Å². The molecule has 20 heavy (non-hydrogen) atoms. The highest BCUT2D eigenvalue weighted by atomic mass is 32.2. The molecule has 1 saturated carbocycles. The molecule has 1 aromatic carbocycles. The first-order chi connectivity index (χ1) is 9.70. The smallest absolute Gasteiger partial charge is 0.277 e. The number of amides is 1. The van der Waals surface area contributed by atoms with Gasteiger partial charge in [0.2, 0.25) is 11.8 Å². The number of benzene rings is 1. The molecular formula is C14H15N3O2S. The monoisotopic (exact) mass is 289 g/mol. The zero-order valence-corrected chi connectivity index (χ0v) is 11.9. The van der Waals surface area contributed by atoms with Crippen LogP contribution in [0.15, 0.2) is 33.9 Å². The highest BCUT2D eigenvalue weighted by molar-refractivity contribution is 7.99. The lowest BCUT2D eigenvalue weighted by molar-refractivity contribution is -0.118. The fourth-order valence-electron chi connectivity index (χ4n) is 1.79. The van der Waals surface area contributed by atoms with Crippen molar-refractivity contribution < 1.29 is 9.21 Å². The van der Waals surface area contributed by atoms with Crippen LogP contribution in [0.1, 0.15) is 18.4 Å². The minimum Gasteiger partial charge on any atom is -0.411 e. The number of aromatic nitrogens is 2. The van der Waals surface area contributed by atoms with E-state index in [1.807, 2.05) is 31.2 Å². The number of hydrogen-bond donors (Lipinski definition) is 1.